The number of nitrogens with zero attached hydrogens (tertiary/aromatic N) is 3. The number of amidine groups is 1. The first-order chi connectivity index (χ1) is 14.0. The minimum atomic E-state index is -0.497. The predicted octanol–water partition coefficient (Wildman–Crippen LogP) is 2.98. The Balaban J connectivity index is 1.57. The summed E-state index contributed by atoms with van der Waals surface area (Å²) in [5, 5.41) is 3.01. The van der Waals surface area contributed by atoms with Crippen LogP contribution in [0.15, 0.2) is 29.3 Å². The highest BCUT2D eigenvalue weighted by molar-refractivity contribution is 8.15. The highest BCUT2D eigenvalue weighted by atomic mass is 32.2. The molecule has 1 unspecified atom stereocenters. The summed E-state index contributed by atoms with van der Waals surface area (Å²) in [5.41, 5.74) is 1.14. The van der Waals surface area contributed by atoms with Gasteiger partial charge in [-0.2, -0.15) is 4.99 Å². The number of amides is 3. The van der Waals surface area contributed by atoms with Crippen molar-refractivity contribution in [3.8, 4) is 0 Å². The topological polar surface area (TPSA) is 82.1 Å². The van der Waals surface area contributed by atoms with E-state index >= 15 is 0 Å². The molecule has 0 aliphatic carbocycles. The number of carbonyl (C=O) groups excluding carboxylic acids is 3. The maximum atomic E-state index is 12.7. The monoisotopic (exact) mass is 416 g/mol. The number of thioether (sulfide) groups is 1. The van der Waals surface area contributed by atoms with Crippen molar-refractivity contribution in [1.29, 1.82) is 0 Å². The molecule has 2 heterocycles. The van der Waals surface area contributed by atoms with Crippen molar-refractivity contribution < 1.29 is 14.4 Å². The summed E-state index contributed by atoms with van der Waals surface area (Å²) in [5.74, 6) is -0.518. The Morgan fingerprint density at radius 2 is 1.93 bits per heavy atom. The first-order valence-corrected chi connectivity index (χ1v) is 11.1. The molecule has 3 amide bonds. The molecule has 7 nitrogen and oxygen atoms in total. The van der Waals surface area contributed by atoms with Crippen LogP contribution in [0.25, 0.3) is 0 Å². The summed E-state index contributed by atoms with van der Waals surface area (Å²) in [6.45, 7) is 7.12. The molecule has 0 saturated carbocycles. The van der Waals surface area contributed by atoms with E-state index in [-0.39, 0.29) is 24.1 Å². The molecule has 156 valence electrons. The van der Waals surface area contributed by atoms with Gasteiger partial charge in [0, 0.05) is 43.9 Å². The quantitative estimate of drug-likeness (QED) is 0.771. The molecule has 2 aliphatic heterocycles. The second-order valence-electron chi connectivity index (χ2n) is 7.20. The van der Waals surface area contributed by atoms with E-state index in [1.165, 1.54) is 11.8 Å². The van der Waals surface area contributed by atoms with Crippen LogP contribution in [0.5, 0.6) is 0 Å². The fourth-order valence-electron chi connectivity index (χ4n) is 3.53. The molecule has 29 heavy (non-hydrogen) atoms. The lowest BCUT2D eigenvalue weighted by atomic mass is 10.1. The summed E-state index contributed by atoms with van der Waals surface area (Å²) in [6, 6.07) is 7.00. The number of benzene rings is 1. The number of piperidine rings is 1. The van der Waals surface area contributed by atoms with E-state index in [9.17, 15) is 14.4 Å². The van der Waals surface area contributed by atoms with Crippen molar-refractivity contribution in [2.45, 2.75) is 44.8 Å². The van der Waals surface area contributed by atoms with E-state index in [0.717, 1.165) is 45.4 Å². The normalized spacial score (nSPS) is 19.1. The Morgan fingerprint density at radius 3 is 2.62 bits per heavy atom. The average Bonchev–Trinajstić information content (AvgIpc) is 3.09. The Morgan fingerprint density at radius 1 is 1.21 bits per heavy atom. The Bertz CT molecular complexity index is 801. The van der Waals surface area contributed by atoms with Gasteiger partial charge >= 0.3 is 0 Å². The molecule has 1 atom stereocenters. The number of likely N-dealkylation sites (tertiary alicyclic amines) is 1. The van der Waals surface area contributed by atoms with Crippen molar-refractivity contribution in [1.82, 2.24) is 9.80 Å². The third-order valence-electron chi connectivity index (χ3n) is 5.17. The fraction of sp³-hybridized carbons (Fsp3) is 0.524. The van der Waals surface area contributed by atoms with Crippen LogP contribution >= 0.6 is 11.8 Å². The van der Waals surface area contributed by atoms with Crippen LogP contribution < -0.4 is 5.32 Å². The second kappa shape index (κ2) is 9.91. The Labute approximate surface area is 175 Å². The van der Waals surface area contributed by atoms with E-state index in [4.69, 9.17) is 0 Å². The van der Waals surface area contributed by atoms with Crippen molar-refractivity contribution in [3.63, 3.8) is 0 Å². The summed E-state index contributed by atoms with van der Waals surface area (Å²) < 4.78 is 0. The van der Waals surface area contributed by atoms with Crippen LogP contribution in [0.3, 0.4) is 0 Å². The van der Waals surface area contributed by atoms with Gasteiger partial charge in [0.15, 0.2) is 5.17 Å². The highest BCUT2D eigenvalue weighted by Crippen LogP contribution is 2.27. The van der Waals surface area contributed by atoms with Crippen LogP contribution in [0.1, 0.15) is 49.9 Å². The zero-order chi connectivity index (χ0) is 20.8. The number of carbonyl (C=O) groups is 3. The maximum Gasteiger partial charge on any atom is 0.262 e. The molecule has 1 aromatic rings. The van der Waals surface area contributed by atoms with E-state index in [1.807, 2.05) is 23.6 Å². The lowest BCUT2D eigenvalue weighted by molar-refractivity contribution is -0.121. The lowest BCUT2D eigenvalue weighted by Crippen LogP contribution is -2.35. The van der Waals surface area contributed by atoms with Gasteiger partial charge in [-0.1, -0.05) is 17.8 Å². The molecule has 8 heteroatoms. The lowest BCUT2D eigenvalue weighted by Gasteiger charge is -2.26. The van der Waals surface area contributed by atoms with Gasteiger partial charge in [0.05, 0.1) is 0 Å². The minimum absolute atomic E-state index is 0.000380. The van der Waals surface area contributed by atoms with E-state index < -0.39 is 5.25 Å². The number of nitrogens with one attached hydrogen (secondary N) is 1. The number of anilines is 1. The molecule has 0 radical (unpaired) electrons. The standard InChI is InChI=1S/C21H28N4O3S/c1-3-24(4-2)21-23-19(27)17(29-21)14-18(26)22-16-10-8-9-15(13-16)20(28)25-11-6-5-7-12-25/h8-10,13,17H,3-7,11-12,14H2,1-2H3,(H,22,26). The fourth-order valence-corrected chi connectivity index (χ4v) is 4.72. The molecule has 2 aliphatic rings. The highest BCUT2D eigenvalue weighted by Gasteiger charge is 2.32. The smallest absolute Gasteiger partial charge is 0.262 e. The number of rotatable bonds is 6. The van der Waals surface area contributed by atoms with E-state index in [2.05, 4.69) is 10.3 Å². The Kier molecular flexibility index (Phi) is 7.30. The first-order valence-electron chi connectivity index (χ1n) is 10.2. The molecular weight excluding hydrogens is 388 g/mol. The molecule has 0 aromatic heterocycles. The first kappa shape index (κ1) is 21.4. The predicted molar refractivity (Wildman–Crippen MR) is 116 cm³/mol. The molecule has 0 bridgehead atoms. The van der Waals surface area contributed by atoms with Crippen LogP contribution in [0, 0.1) is 0 Å². The second-order valence-corrected chi connectivity index (χ2v) is 8.37. The zero-order valence-corrected chi connectivity index (χ0v) is 17.8. The number of hydrogen-bond donors (Lipinski definition) is 1. The van der Waals surface area contributed by atoms with Gasteiger partial charge in [0.25, 0.3) is 11.8 Å². The van der Waals surface area contributed by atoms with E-state index in [1.54, 1.807) is 24.3 Å². The van der Waals surface area contributed by atoms with Gasteiger partial charge in [-0.3, -0.25) is 14.4 Å². The van der Waals surface area contributed by atoms with E-state index in [0.29, 0.717) is 16.4 Å². The summed E-state index contributed by atoms with van der Waals surface area (Å²) >= 11 is 1.35. The summed E-state index contributed by atoms with van der Waals surface area (Å²) in [4.78, 5) is 45.3. The minimum Gasteiger partial charge on any atom is -0.352 e. The van der Waals surface area contributed by atoms with Gasteiger partial charge in [-0.15, -0.1) is 0 Å². The third-order valence-corrected chi connectivity index (χ3v) is 6.38. The van der Waals surface area contributed by atoms with Gasteiger partial charge in [0.2, 0.25) is 5.91 Å². The number of aliphatic imine (C=N–C) groups is 1. The van der Waals surface area contributed by atoms with Crippen LogP contribution in [0.4, 0.5) is 5.69 Å². The van der Waals surface area contributed by atoms with Crippen molar-refractivity contribution >= 4 is 40.3 Å². The van der Waals surface area contributed by atoms with Gasteiger partial charge in [0.1, 0.15) is 5.25 Å². The largest absolute Gasteiger partial charge is 0.352 e. The molecular formula is C21H28N4O3S. The van der Waals surface area contributed by atoms with Crippen molar-refractivity contribution in [2.75, 3.05) is 31.5 Å². The van der Waals surface area contributed by atoms with Crippen LogP contribution in [-0.2, 0) is 9.59 Å². The summed E-state index contributed by atoms with van der Waals surface area (Å²) in [6.07, 6.45) is 3.29. The molecule has 0 spiro atoms. The average molecular weight is 417 g/mol. The number of hydrogen-bond acceptors (Lipinski definition) is 5. The van der Waals surface area contributed by atoms with Crippen LogP contribution in [-0.4, -0.2) is 64.1 Å². The van der Waals surface area contributed by atoms with Crippen molar-refractivity contribution in [2.24, 2.45) is 4.99 Å². The molecule has 1 saturated heterocycles. The molecule has 1 fully saturated rings. The Hall–Kier alpha value is -2.35. The van der Waals surface area contributed by atoms with Gasteiger partial charge < -0.3 is 15.1 Å². The summed E-state index contributed by atoms with van der Waals surface area (Å²) in [7, 11) is 0. The van der Waals surface area contributed by atoms with Gasteiger partial charge in [-0.25, -0.2) is 0 Å². The molecule has 3 rings (SSSR count). The molecule has 1 aromatic carbocycles. The van der Waals surface area contributed by atoms with Crippen molar-refractivity contribution in [3.05, 3.63) is 29.8 Å². The maximum absolute atomic E-state index is 12.7. The SMILES string of the molecule is CCN(CC)C1=NC(=O)C(CC(=O)Nc2cccc(C(=O)N3CCCCC3)c2)S1. The van der Waals surface area contributed by atoms with Crippen LogP contribution in [0.2, 0.25) is 0 Å². The molecule has 1 N–H and O–H groups in total. The third kappa shape index (κ3) is 5.38. The van der Waals surface area contributed by atoms with Gasteiger partial charge in [-0.05, 0) is 51.3 Å². The zero-order valence-electron chi connectivity index (χ0n) is 17.0.